The highest BCUT2D eigenvalue weighted by molar-refractivity contribution is 6.00. The Morgan fingerprint density at radius 2 is 1.93 bits per heavy atom. The maximum Gasteiger partial charge on any atom is 0.239 e. The van der Waals surface area contributed by atoms with Gasteiger partial charge in [-0.05, 0) is 50.2 Å². The molecule has 2 aromatic rings. The van der Waals surface area contributed by atoms with Gasteiger partial charge < -0.3 is 11.1 Å². The van der Waals surface area contributed by atoms with Crippen LogP contribution in [0.15, 0.2) is 47.5 Å². The van der Waals surface area contributed by atoms with E-state index in [1.165, 1.54) is 25.1 Å². The topological polar surface area (TPSA) is 94.5 Å². The van der Waals surface area contributed by atoms with Crippen LogP contribution in [0.2, 0.25) is 0 Å². The number of guanidine groups is 1. The molecule has 0 atom stereocenters. The number of nitrogens with two attached hydrogens (primary N) is 1. The molecule has 3 N–H and O–H groups in total. The van der Waals surface area contributed by atoms with E-state index in [2.05, 4.69) is 16.4 Å². The second-order valence-corrected chi connectivity index (χ2v) is 6.58. The smallest absolute Gasteiger partial charge is 0.239 e. The number of halogens is 1. The summed E-state index contributed by atoms with van der Waals surface area (Å²) in [7, 11) is 2.98. The van der Waals surface area contributed by atoms with Gasteiger partial charge in [-0.15, -0.1) is 0 Å². The fourth-order valence-corrected chi connectivity index (χ4v) is 2.70. The number of nitrogens with zero attached hydrogens (tertiary/aromatic N) is 3. The molecule has 27 heavy (non-hydrogen) atoms. The van der Waals surface area contributed by atoms with Crippen LogP contribution in [-0.4, -0.2) is 30.9 Å². The first-order chi connectivity index (χ1) is 12.7. The summed E-state index contributed by atoms with van der Waals surface area (Å²) < 4.78 is 14.5. The SMILES string of the molecule is CN=C(N)N(C)C(=O)C(C)(C)c1cc(Nc2cccc(C#N)c2)ccc1F. The maximum atomic E-state index is 14.5. The van der Waals surface area contributed by atoms with E-state index in [0.717, 1.165) is 0 Å². The predicted molar refractivity (Wildman–Crippen MR) is 104 cm³/mol. The molecule has 0 aliphatic carbocycles. The van der Waals surface area contributed by atoms with E-state index in [-0.39, 0.29) is 17.4 Å². The molecule has 0 saturated heterocycles. The summed E-state index contributed by atoms with van der Waals surface area (Å²) in [6.07, 6.45) is 0. The van der Waals surface area contributed by atoms with Gasteiger partial charge >= 0.3 is 0 Å². The average Bonchev–Trinajstić information content (AvgIpc) is 2.67. The number of benzene rings is 2. The monoisotopic (exact) mass is 367 g/mol. The maximum absolute atomic E-state index is 14.5. The van der Waals surface area contributed by atoms with Crippen molar-refractivity contribution in [3.8, 4) is 6.07 Å². The number of hydrogen-bond donors (Lipinski definition) is 2. The highest BCUT2D eigenvalue weighted by Gasteiger charge is 2.36. The largest absolute Gasteiger partial charge is 0.369 e. The number of carbonyl (C=O) groups is 1. The number of amides is 1. The minimum atomic E-state index is -1.17. The first kappa shape index (κ1) is 19.9. The number of rotatable bonds is 4. The van der Waals surface area contributed by atoms with Crippen LogP contribution in [0.25, 0.3) is 0 Å². The van der Waals surface area contributed by atoms with Crippen LogP contribution in [0.3, 0.4) is 0 Å². The Balaban J connectivity index is 2.38. The molecule has 0 spiro atoms. The van der Waals surface area contributed by atoms with Crippen LogP contribution >= 0.6 is 0 Å². The van der Waals surface area contributed by atoms with Crippen molar-refractivity contribution in [2.75, 3.05) is 19.4 Å². The van der Waals surface area contributed by atoms with Crippen molar-refractivity contribution in [3.05, 3.63) is 59.4 Å². The normalized spacial score (nSPS) is 11.6. The lowest BCUT2D eigenvalue weighted by Crippen LogP contribution is -2.47. The molecule has 7 heteroatoms. The molecule has 0 bridgehead atoms. The molecule has 1 amide bonds. The molecule has 140 valence electrons. The summed E-state index contributed by atoms with van der Waals surface area (Å²) in [4.78, 5) is 17.8. The Morgan fingerprint density at radius 3 is 2.56 bits per heavy atom. The van der Waals surface area contributed by atoms with E-state index in [0.29, 0.717) is 16.9 Å². The second-order valence-electron chi connectivity index (χ2n) is 6.58. The number of anilines is 2. The summed E-state index contributed by atoms with van der Waals surface area (Å²) in [6, 6.07) is 13.5. The molecule has 0 aromatic heterocycles. The van der Waals surface area contributed by atoms with E-state index in [4.69, 9.17) is 11.0 Å². The number of hydrogen-bond acceptors (Lipinski definition) is 4. The first-order valence-electron chi connectivity index (χ1n) is 8.28. The Kier molecular flexibility index (Phi) is 5.81. The van der Waals surface area contributed by atoms with Crippen molar-refractivity contribution in [1.29, 1.82) is 5.26 Å². The summed E-state index contributed by atoms with van der Waals surface area (Å²) >= 11 is 0. The van der Waals surface area contributed by atoms with Crippen LogP contribution < -0.4 is 11.1 Å². The zero-order valence-corrected chi connectivity index (χ0v) is 15.7. The van der Waals surface area contributed by atoms with E-state index < -0.39 is 11.2 Å². The van der Waals surface area contributed by atoms with Gasteiger partial charge in [-0.3, -0.25) is 14.7 Å². The van der Waals surface area contributed by atoms with Gasteiger partial charge in [0.15, 0.2) is 5.96 Å². The van der Waals surface area contributed by atoms with Crippen LogP contribution in [0, 0.1) is 17.1 Å². The highest BCUT2D eigenvalue weighted by atomic mass is 19.1. The fraction of sp³-hybridized carbons (Fsp3) is 0.250. The van der Waals surface area contributed by atoms with E-state index >= 15 is 0 Å². The van der Waals surface area contributed by atoms with E-state index in [9.17, 15) is 9.18 Å². The fourth-order valence-electron chi connectivity index (χ4n) is 2.70. The summed E-state index contributed by atoms with van der Waals surface area (Å²) in [6.45, 7) is 3.26. The van der Waals surface area contributed by atoms with Crippen molar-refractivity contribution in [2.24, 2.45) is 10.7 Å². The van der Waals surface area contributed by atoms with Gasteiger partial charge in [-0.25, -0.2) is 4.39 Å². The van der Waals surface area contributed by atoms with E-state index in [1.54, 1.807) is 50.2 Å². The van der Waals surface area contributed by atoms with Gasteiger partial charge in [-0.1, -0.05) is 6.07 Å². The third-order valence-corrected chi connectivity index (χ3v) is 4.33. The minimum Gasteiger partial charge on any atom is -0.369 e. The molecule has 0 unspecified atom stereocenters. The standard InChI is InChI=1S/C20H22FN5O/c1-20(2,18(27)26(4)19(23)24-3)16-11-15(8-9-17(16)21)25-14-7-5-6-13(10-14)12-22/h5-11,25H,1-4H3,(H2,23,24). The van der Waals surface area contributed by atoms with Gasteiger partial charge in [0, 0.05) is 31.0 Å². The van der Waals surface area contributed by atoms with E-state index in [1.807, 2.05) is 0 Å². The number of carbonyl (C=O) groups excluding carboxylic acids is 1. The summed E-state index contributed by atoms with van der Waals surface area (Å²) in [5.74, 6) is -0.825. The van der Waals surface area contributed by atoms with Crippen molar-refractivity contribution in [2.45, 2.75) is 19.3 Å². The molecule has 0 aliphatic rings. The zero-order chi connectivity index (χ0) is 20.2. The molecule has 2 rings (SSSR count). The van der Waals surface area contributed by atoms with Gasteiger partial charge in [0.2, 0.25) is 5.91 Å². The van der Waals surface area contributed by atoms with Crippen molar-refractivity contribution in [1.82, 2.24) is 4.90 Å². The molecular formula is C20H22FN5O. The molecule has 2 aromatic carbocycles. The molecule has 0 heterocycles. The van der Waals surface area contributed by atoms with Gasteiger partial charge in [0.25, 0.3) is 0 Å². The highest BCUT2D eigenvalue weighted by Crippen LogP contribution is 2.31. The quantitative estimate of drug-likeness (QED) is 0.641. The minimum absolute atomic E-state index is 0.0519. The number of aliphatic imine (C=N–C) groups is 1. The van der Waals surface area contributed by atoms with Crippen LogP contribution in [0.5, 0.6) is 0 Å². The van der Waals surface area contributed by atoms with Crippen molar-refractivity contribution < 1.29 is 9.18 Å². The third-order valence-electron chi connectivity index (χ3n) is 4.33. The number of nitriles is 1. The third kappa shape index (κ3) is 4.23. The zero-order valence-electron chi connectivity index (χ0n) is 15.7. The lowest BCUT2D eigenvalue weighted by atomic mass is 9.82. The van der Waals surface area contributed by atoms with Crippen molar-refractivity contribution in [3.63, 3.8) is 0 Å². The Hall–Kier alpha value is -3.40. The Labute approximate surface area is 158 Å². The Morgan fingerprint density at radius 1 is 1.26 bits per heavy atom. The summed E-state index contributed by atoms with van der Waals surface area (Å²) in [5.41, 5.74) is 6.57. The summed E-state index contributed by atoms with van der Waals surface area (Å²) in [5, 5.41) is 12.1. The molecular weight excluding hydrogens is 345 g/mol. The average molecular weight is 367 g/mol. The lowest BCUT2D eigenvalue weighted by molar-refractivity contribution is -0.131. The molecule has 0 radical (unpaired) electrons. The van der Waals surface area contributed by atoms with Crippen molar-refractivity contribution >= 4 is 23.2 Å². The molecule has 0 aliphatic heterocycles. The first-order valence-corrected chi connectivity index (χ1v) is 8.28. The molecule has 0 fully saturated rings. The van der Waals surface area contributed by atoms with Gasteiger partial charge in [0.1, 0.15) is 5.82 Å². The number of likely N-dealkylation sites (N-methyl/N-ethyl adjacent to an activating group) is 1. The van der Waals surface area contributed by atoms with Crippen LogP contribution in [0.1, 0.15) is 25.0 Å². The van der Waals surface area contributed by atoms with Crippen LogP contribution in [0.4, 0.5) is 15.8 Å². The second kappa shape index (κ2) is 7.87. The number of nitrogens with one attached hydrogen (secondary N) is 1. The van der Waals surface area contributed by atoms with Gasteiger partial charge in [-0.2, -0.15) is 5.26 Å². The lowest BCUT2D eigenvalue weighted by Gasteiger charge is -2.29. The Bertz CT molecular complexity index is 930. The molecule has 0 saturated carbocycles. The van der Waals surface area contributed by atoms with Crippen LogP contribution in [-0.2, 0) is 10.2 Å². The van der Waals surface area contributed by atoms with Gasteiger partial charge in [0.05, 0.1) is 17.0 Å². The predicted octanol–water partition coefficient (Wildman–Crippen LogP) is 3.12. The molecule has 6 nitrogen and oxygen atoms in total.